The SMILES string of the molecule is CCN(CC(=O)c1cc(F)ccc1F)Cc1ccco1. The maximum absolute atomic E-state index is 13.5. The van der Waals surface area contributed by atoms with Gasteiger partial charge in [0.15, 0.2) is 5.78 Å². The Hall–Kier alpha value is -2.01. The number of ketones is 1. The number of likely N-dealkylation sites (N-methyl/N-ethyl adjacent to an activating group) is 1. The average Bonchev–Trinajstić information content (AvgIpc) is 2.93. The molecule has 0 bridgehead atoms. The molecular formula is C15H15F2NO2. The van der Waals surface area contributed by atoms with E-state index in [2.05, 4.69) is 0 Å². The second-order valence-electron chi connectivity index (χ2n) is 4.43. The summed E-state index contributed by atoms with van der Waals surface area (Å²) in [7, 11) is 0. The highest BCUT2D eigenvalue weighted by atomic mass is 19.1. The summed E-state index contributed by atoms with van der Waals surface area (Å²) < 4.78 is 31.8. The molecule has 3 nitrogen and oxygen atoms in total. The van der Waals surface area contributed by atoms with E-state index in [0.29, 0.717) is 13.1 Å². The summed E-state index contributed by atoms with van der Waals surface area (Å²) in [6.45, 7) is 2.95. The largest absolute Gasteiger partial charge is 0.468 e. The van der Waals surface area contributed by atoms with Gasteiger partial charge in [0.1, 0.15) is 17.4 Å². The van der Waals surface area contributed by atoms with Crippen LogP contribution in [0.2, 0.25) is 0 Å². The Bertz CT molecular complexity index is 582. The molecular weight excluding hydrogens is 264 g/mol. The molecule has 20 heavy (non-hydrogen) atoms. The van der Waals surface area contributed by atoms with Crippen LogP contribution in [0.25, 0.3) is 0 Å². The molecule has 0 aliphatic carbocycles. The summed E-state index contributed by atoms with van der Waals surface area (Å²) in [6.07, 6.45) is 1.55. The predicted octanol–water partition coefficient (Wildman–Crippen LogP) is 3.26. The third-order valence-electron chi connectivity index (χ3n) is 3.00. The summed E-state index contributed by atoms with van der Waals surface area (Å²) in [5.74, 6) is -1.05. The molecule has 106 valence electrons. The van der Waals surface area contributed by atoms with E-state index in [1.165, 1.54) is 0 Å². The average molecular weight is 279 g/mol. The number of nitrogens with zero attached hydrogens (tertiary/aromatic N) is 1. The molecule has 5 heteroatoms. The standard InChI is InChI=1S/C15H15F2NO2/c1-2-18(9-12-4-3-7-20-12)10-15(19)13-8-11(16)5-6-14(13)17/h3-8H,2,9-10H2,1H3. The summed E-state index contributed by atoms with van der Waals surface area (Å²) in [5, 5.41) is 0. The van der Waals surface area contributed by atoms with Gasteiger partial charge in [0.05, 0.1) is 24.9 Å². The molecule has 0 amide bonds. The van der Waals surface area contributed by atoms with Crippen LogP contribution in [-0.2, 0) is 6.54 Å². The van der Waals surface area contributed by atoms with Gasteiger partial charge in [-0.15, -0.1) is 0 Å². The zero-order valence-electron chi connectivity index (χ0n) is 11.1. The van der Waals surface area contributed by atoms with Crippen molar-refractivity contribution in [3.63, 3.8) is 0 Å². The van der Waals surface area contributed by atoms with E-state index >= 15 is 0 Å². The number of furan rings is 1. The van der Waals surface area contributed by atoms with Crippen molar-refractivity contribution in [2.24, 2.45) is 0 Å². The van der Waals surface area contributed by atoms with Crippen LogP contribution < -0.4 is 0 Å². The number of halogens is 2. The van der Waals surface area contributed by atoms with Gasteiger partial charge in [0, 0.05) is 0 Å². The maximum atomic E-state index is 13.5. The molecule has 0 saturated carbocycles. The molecule has 0 aliphatic heterocycles. The van der Waals surface area contributed by atoms with Crippen LogP contribution in [0.5, 0.6) is 0 Å². The summed E-state index contributed by atoms with van der Waals surface area (Å²) >= 11 is 0. The van der Waals surface area contributed by atoms with Crippen molar-refractivity contribution in [3.05, 3.63) is 59.6 Å². The lowest BCUT2D eigenvalue weighted by molar-refractivity contribution is 0.0920. The molecule has 2 aromatic rings. The molecule has 1 aromatic carbocycles. The number of hydrogen-bond donors (Lipinski definition) is 0. The van der Waals surface area contributed by atoms with Gasteiger partial charge < -0.3 is 4.42 Å². The van der Waals surface area contributed by atoms with Crippen molar-refractivity contribution >= 4 is 5.78 Å². The quantitative estimate of drug-likeness (QED) is 0.761. The summed E-state index contributed by atoms with van der Waals surface area (Å²) in [5.41, 5.74) is -0.220. The number of carbonyl (C=O) groups is 1. The summed E-state index contributed by atoms with van der Waals surface area (Å²) in [6, 6.07) is 6.45. The highest BCUT2D eigenvalue weighted by Crippen LogP contribution is 2.12. The first-order valence-electron chi connectivity index (χ1n) is 6.33. The Balaban J connectivity index is 2.07. The zero-order chi connectivity index (χ0) is 14.5. The smallest absolute Gasteiger partial charge is 0.179 e. The number of Topliss-reactive ketones (excluding diaryl/α,β-unsaturated/α-hetero) is 1. The normalized spacial score (nSPS) is 11.0. The van der Waals surface area contributed by atoms with Crippen LogP contribution in [0.1, 0.15) is 23.0 Å². The minimum Gasteiger partial charge on any atom is -0.468 e. The van der Waals surface area contributed by atoms with Gasteiger partial charge >= 0.3 is 0 Å². The van der Waals surface area contributed by atoms with E-state index in [4.69, 9.17) is 4.42 Å². The third kappa shape index (κ3) is 3.51. The number of benzene rings is 1. The van der Waals surface area contributed by atoms with E-state index in [1.54, 1.807) is 23.3 Å². The molecule has 2 rings (SSSR count). The second-order valence-corrected chi connectivity index (χ2v) is 4.43. The van der Waals surface area contributed by atoms with Crippen molar-refractivity contribution in [3.8, 4) is 0 Å². The molecule has 0 atom stereocenters. The minimum absolute atomic E-state index is 0.0115. The van der Waals surface area contributed by atoms with Gasteiger partial charge in [-0.2, -0.15) is 0 Å². The molecule has 0 aliphatic rings. The van der Waals surface area contributed by atoms with Gasteiger partial charge in [-0.1, -0.05) is 6.92 Å². The third-order valence-corrected chi connectivity index (χ3v) is 3.00. The van der Waals surface area contributed by atoms with E-state index in [0.717, 1.165) is 24.0 Å². The van der Waals surface area contributed by atoms with E-state index < -0.39 is 17.4 Å². The highest BCUT2D eigenvalue weighted by Gasteiger charge is 2.16. The van der Waals surface area contributed by atoms with Crippen LogP contribution in [0, 0.1) is 11.6 Å². The van der Waals surface area contributed by atoms with Gasteiger partial charge in [-0.3, -0.25) is 9.69 Å². The Morgan fingerprint density at radius 3 is 2.75 bits per heavy atom. The molecule has 0 fully saturated rings. The first-order valence-corrected chi connectivity index (χ1v) is 6.33. The van der Waals surface area contributed by atoms with E-state index in [9.17, 15) is 13.6 Å². The fourth-order valence-corrected chi connectivity index (χ4v) is 1.90. The summed E-state index contributed by atoms with van der Waals surface area (Å²) in [4.78, 5) is 13.8. The minimum atomic E-state index is -0.703. The lowest BCUT2D eigenvalue weighted by Gasteiger charge is -2.18. The molecule has 0 N–H and O–H groups in total. The first-order chi connectivity index (χ1) is 9.60. The van der Waals surface area contributed by atoms with Crippen LogP contribution in [0.3, 0.4) is 0 Å². The Labute approximate surface area is 115 Å². The fraction of sp³-hybridized carbons (Fsp3) is 0.267. The van der Waals surface area contributed by atoms with Crippen LogP contribution >= 0.6 is 0 Å². The van der Waals surface area contributed by atoms with Gasteiger partial charge in [0.25, 0.3) is 0 Å². The Kier molecular flexibility index (Phi) is 4.63. The molecule has 0 unspecified atom stereocenters. The van der Waals surface area contributed by atoms with Crippen molar-refractivity contribution in [1.29, 1.82) is 0 Å². The Morgan fingerprint density at radius 2 is 2.10 bits per heavy atom. The topological polar surface area (TPSA) is 33.5 Å². The van der Waals surface area contributed by atoms with Crippen LogP contribution in [0.15, 0.2) is 41.0 Å². The highest BCUT2D eigenvalue weighted by molar-refractivity contribution is 5.97. The molecule has 1 aromatic heterocycles. The van der Waals surface area contributed by atoms with Crippen molar-refractivity contribution in [2.75, 3.05) is 13.1 Å². The van der Waals surface area contributed by atoms with Crippen molar-refractivity contribution in [2.45, 2.75) is 13.5 Å². The number of hydrogen-bond acceptors (Lipinski definition) is 3. The molecule has 0 saturated heterocycles. The predicted molar refractivity (Wildman–Crippen MR) is 70.3 cm³/mol. The van der Waals surface area contributed by atoms with Gasteiger partial charge in [-0.05, 0) is 36.9 Å². The number of carbonyl (C=O) groups excluding carboxylic acids is 1. The van der Waals surface area contributed by atoms with Gasteiger partial charge in [0.2, 0.25) is 0 Å². The fourth-order valence-electron chi connectivity index (χ4n) is 1.90. The molecule has 1 heterocycles. The van der Waals surface area contributed by atoms with Crippen LogP contribution in [-0.4, -0.2) is 23.8 Å². The molecule has 0 radical (unpaired) electrons. The zero-order valence-corrected chi connectivity index (χ0v) is 11.1. The first kappa shape index (κ1) is 14.4. The van der Waals surface area contributed by atoms with E-state index in [-0.39, 0.29) is 12.1 Å². The number of rotatable bonds is 6. The van der Waals surface area contributed by atoms with E-state index in [1.807, 2.05) is 6.92 Å². The van der Waals surface area contributed by atoms with Crippen LogP contribution in [0.4, 0.5) is 8.78 Å². The lowest BCUT2D eigenvalue weighted by Crippen LogP contribution is -2.29. The second kappa shape index (κ2) is 6.43. The maximum Gasteiger partial charge on any atom is 0.179 e. The monoisotopic (exact) mass is 279 g/mol. The van der Waals surface area contributed by atoms with Gasteiger partial charge in [-0.25, -0.2) is 8.78 Å². The van der Waals surface area contributed by atoms with Crippen molar-refractivity contribution < 1.29 is 18.0 Å². The molecule has 0 spiro atoms. The lowest BCUT2D eigenvalue weighted by atomic mass is 10.1. The van der Waals surface area contributed by atoms with Crippen molar-refractivity contribution in [1.82, 2.24) is 4.90 Å². The Morgan fingerprint density at radius 1 is 1.30 bits per heavy atom.